The van der Waals surface area contributed by atoms with E-state index in [2.05, 4.69) is 0 Å². The van der Waals surface area contributed by atoms with Gasteiger partial charge in [-0.1, -0.05) is 11.6 Å². The molecule has 0 heterocycles. The number of nitrogens with zero attached hydrogens (tertiary/aromatic N) is 1. The summed E-state index contributed by atoms with van der Waals surface area (Å²) in [5.41, 5.74) is -0.206. The predicted molar refractivity (Wildman–Crippen MR) is 78.4 cm³/mol. The van der Waals surface area contributed by atoms with Crippen LogP contribution in [0.3, 0.4) is 0 Å². The van der Waals surface area contributed by atoms with Gasteiger partial charge in [-0.05, 0) is 32.0 Å². The molecule has 116 valence electrons. The van der Waals surface area contributed by atoms with E-state index in [1.165, 1.54) is 24.1 Å². The van der Waals surface area contributed by atoms with Crippen LogP contribution in [0.15, 0.2) is 23.1 Å². The third kappa shape index (κ3) is 4.18. The summed E-state index contributed by atoms with van der Waals surface area (Å²) in [5.74, 6) is -2.61. The third-order valence-electron chi connectivity index (χ3n) is 2.99. The molecular formula is C13H16ClNO5S. The van der Waals surface area contributed by atoms with E-state index in [1.807, 2.05) is 0 Å². The molecule has 0 aliphatic carbocycles. The van der Waals surface area contributed by atoms with E-state index in [4.69, 9.17) is 16.7 Å². The Balaban J connectivity index is 3.17. The topological polar surface area (TPSA) is 91.8 Å². The van der Waals surface area contributed by atoms with Gasteiger partial charge < -0.3 is 10.0 Å². The zero-order valence-corrected chi connectivity index (χ0v) is 13.4. The van der Waals surface area contributed by atoms with Crippen molar-refractivity contribution in [2.75, 3.05) is 12.8 Å². The molecule has 21 heavy (non-hydrogen) atoms. The van der Waals surface area contributed by atoms with E-state index in [0.717, 1.165) is 6.07 Å². The van der Waals surface area contributed by atoms with Gasteiger partial charge in [0.15, 0.2) is 9.84 Å². The average molecular weight is 334 g/mol. The summed E-state index contributed by atoms with van der Waals surface area (Å²) in [6, 6.07) is 3.21. The zero-order valence-electron chi connectivity index (χ0n) is 11.8. The molecule has 0 bridgehead atoms. The maximum atomic E-state index is 12.2. The van der Waals surface area contributed by atoms with Crippen LogP contribution in [0.1, 0.15) is 24.2 Å². The lowest BCUT2D eigenvalue weighted by Crippen LogP contribution is -2.37. The standard InChI is InChI=1S/C13H16ClNO5S/c1-8(2)15(3)12(16)7-21(19,20)11-6-9(13(17)18)4-5-10(11)14/h4-6,8H,7H2,1-3H3,(H,17,18). The van der Waals surface area contributed by atoms with Gasteiger partial charge in [-0.3, -0.25) is 4.79 Å². The Morgan fingerprint density at radius 3 is 2.38 bits per heavy atom. The van der Waals surface area contributed by atoms with Crippen molar-refractivity contribution in [3.8, 4) is 0 Å². The Morgan fingerprint density at radius 1 is 1.33 bits per heavy atom. The van der Waals surface area contributed by atoms with Gasteiger partial charge in [0.1, 0.15) is 5.75 Å². The van der Waals surface area contributed by atoms with E-state index in [9.17, 15) is 18.0 Å². The van der Waals surface area contributed by atoms with E-state index >= 15 is 0 Å². The number of aromatic carboxylic acids is 1. The van der Waals surface area contributed by atoms with Crippen molar-refractivity contribution in [2.24, 2.45) is 0 Å². The van der Waals surface area contributed by atoms with Crippen LogP contribution in [0.2, 0.25) is 5.02 Å². The first-order valence-electron chi connectivity index (χ1n) is 6.07. The number of benzene rings is 1. The third-order valence-corrected chi connectivity index (χ3v) is 5.07. The molecule has 0 fully saturated rings. The lowest BCUT2D eigenvalue weighted by atomic mass is 10.2. The van der Waals surface area contributed by atoms with Gasteiger partial charge >= 0.3 is 5.97 Å². The molecule has 1 N–H and O–H groups in total. The van der Waals surface area contributed by atoms with Crippen molar-refractivity contribution in [1.82, 2.24) is 4.90 Å². The highest BCUT2D eigenvalue weighted by atomic mass is 35.5. The number of amides is 1. The minimum Gasteiger partial charge on any atom is -0.478 e. The average Bonchev–Trinajstić information content (AvgIpc) is 2.36. The lowest BCUT2D eigenvalue weighted by Gasteiger charge is -2.21. The number of carbonyl (C=O) groups excluding carboxylic acids is 1. The van der Waals surface area contributed by atoms with Gasteiger partial charge in [0.25, 0.3) is 0 Å². The summed E-state index contributed by atoms with van der Waals surface area (Å²) in [5, 5.41) is 8.78. The number of rotatable bonds is 5. The van der Waals surface area contributed by atoms with E-state index in [1.54, 1.807) is 13.8 Å². The van der Waals surface area contributed by atoms with Crippen LogP contribution in [-0.2, 0) is 14.6 Å². The van der Waals surface area contributed by atoms with E-state index in [0.29, 0.717) is 0 Å². The van der Waals surface area contributed by atoms with Crippen molar-refractivity contribution < 1.29 is 23.1 Å². The number of halogens is 1. The number of sulfone groups is 1. The molecular weight excluding hydrogens is 318 g/mol. The van der Waals surface area contributed by atoms with Crippen molar-refractivity contribution in [1.29, 1.82) is 0 Å². The number of hydrogen-bond acceptors (Lipinski definition) is 4. The Bertz CT molecular complexity index is 669. The normalized spacial score (nSPS) is 11.5. The van der Waals surface area contributed by atoms with Crippen LogP contribution in [-0.4, -0.2) is 49.1 Å². The molecule has 6 nitrogen and oxygen atoms in total. The molecule has 0 spiro atoms. The second-order valence-electron chi connectivity index (χ2n) is 4.81. The van der Waals surface area contributed by atoms with Crippen LogP contribution in [0.4, 0.5) is 0 Å². The van der Waals surface area contributed by atoms with E-state index in [-0.39, 0.29) is 21.5 Å². The first kappa shape index (κ1) is 17.5. The zero-order chi connectivity index (χ0) is 16.4. The molecule has 1 aromatic rings. The molecule has 0 saturated carbocycles. The highest BCUT2D eigenvalue weighted by Crippen LogP contribution is 2.24. The molecule has 0 unspecified atom stereocenters. The molecule has 8 heteroatoms. The Hall–Kier alpha value is -1.60. The van der Waals surface area contributed by atoms with Gasteiger partial charge in [0, 0.05) is 13.1 Å². The van der Waals surface area contributed by atoms with Crippen LogP contribution in [0, 0.1) is 0 Å². The Labute approximate surface area is 128 Å². The maximum absolute atomic E-state index is 12.2. The fourth-order valence-corrected chi connectivity index (χ4v) is 3.33. The summed E-state index contributed by atoms with van der Waals surface area (Å²) in [4.78, 5) is 23.7. The fraction of sp³-hybridized carbons (Fsp3) is 0.385. The molecule has 1 rings (SSSR count). The van der Waals surface area contributed by atoms with Crippen LogP contribution in [0.25, 0.3) is 0 Å². The maximum Gasteiger partial charge on any atom is 0.335 e. The summed E-state index contributed by atoms with van der Waals surface area (Å²) >= 11 is 5.81. The summed E-state index contributed by atoms with van der Waals surface area (Å²) in [6.07, 6.45) is 0. The quantitative estimate of drug-likeness (QED) is 0.885. The molecule has 0 aromatic heterocycles. The van der Waals surface area contributed by atoms with Crippen molar-refractivity contribution in [3.05, 3.63) is 28.8 Å². The summed E-state index contributed by atoms with van der Waals surface area (Å²) in [6.45, 7) is 3.51. The molecule has 0 saturated heterocycles. The smallest absolute Gasteiger partial charge is 0.335 e. The Kier molecular flexibility index (Phi) is 5.36. The molecule has 0 radical (unpaired) electrons. The highest BCUT2D eigenvalue weighted by Gasteiger charge is 2.26. The first-order valence-corrected chi connectivity index (χ1v) is 8.10. The number of carboxylic acid groups (broad SMARTS) is 1. The summed E-state index contributed by atoms with van der Waals surface area (Å²) < 4.78 is 24.5. The minimum absolute atomic E-state index is 0.111. The molecule has 1 amide bonds. The fourth-order valence-electron chi connectivity index (χ4n) is 1.50. The second kappa shape index (κ2) is 6.44. The monoisotopic (exact) mass is 333 g/mol. The van der Waals surface area contributed by atoms with Gasteiger partial charge in [0.2, 0.25) is 5.91 Å². The number of hydrogen-bond donors (Lipinski definition) is 1. The van der Waals surface area contributed by atoms with Crippen molar-refractivity contribution >= 4 is 33.3 Å². The summed E-state index contributed by atoms with van der Waals surface area (Å²) in [7, 11) is -2.51. The number of carboxylic acids is 1. The Morgan fingerprint density at radius 2 is 1.90 bits per heavy atom. The van der Waals surface area contributed by atoms with Gasteiger partial charge in [-0.2, -0.15) is 0 Å². The van der Waals surface area contributed by atoms with Gasteiger partial charge in [-0.25, -0.2) is 13.2 Å². The molecule has 0 atom stereocenters. The van der Waals surface area contributed by atoms with Crippen molar-refractivity contribution in [3.63, 3.8) is 0 Å². The SMILES string of the molecule is CC(C)N(C)C(=O)CS(=O)(=O)c1cc(C(=O)O)ccc1Cl. The van der Waals surface area contributed by atoms with Crippen LogP contribution in [0.5, 0.6) is 0 Å². The minimum atomic E-state index is -4.01. The largest absolute Gasteiger partial charge is 0.478 e. The van der Waals surface area contributed by atoms with E-state index < -0.39 is 27.5 Å². The molecule has 0 aliphatic heterocycles. The predicted octanol–water partition coefficient (Wildman–Crippen LogP) is 1.68. The number of carbonyl (C=O) groups is 2. The van der Waals surface area contributed by atoms with Gasteiger partial charge in [0.05, 0.1) is 15.5 Å². The first-order chi connectivity index (χ1) is 9.56. The van der Waals surface area contributed by atoms with Crippen molar-refractivity contribution in [2.45, 2.75) is 24.8 Å². The van der Waals surface area contributed by atoms with Gasteiger partial charge in [-0.15, -0.1) is 0 Å². The highest BCUT2D eigenvalue weighted by molar-refractivity contribution is 7.92. The van der Waals surface area contributed by atoms with Crippen LogP contribution >= 0.6 is 11.6 Å². The second-order valence-corrected chi connectivity index (χ2v) is 7.17. The van der Waals surface area contributed by atoms with Crippen LogP contribution < -0.4 is 0 Å². The lowest BCUT2D eigenvalue weighted by molar-refractivity contribution is -0.128. The molecule has 1 aromatic carbocycles. The molecule has 0 aliphatic rings.